The summed E-state index contributed by atoms with van der Waals surface area (Å²) in [6, 6.07) is 4.58. The topological polar surface area (TPSA) is 42.4 Å². The van der Waals surface area contributed by atoms with E-state index < -0.39 is 0 Å². The van der Waals surface area contributed by atoms with Crippen molar-refractivity contribution in [2.75, 3.05) is 18.6 Å². The molecule has 3 rings (SSSR count). The van der Waals surface area contributed by atoms with Crippen LogP contribution in [0.5, 0.6) is 0 Å². The Morgan fingerprint density at radius 3 is 3.10 bits per heavy atom. The first-order valence-corrected chi connectivity index (χ1v) is 7.60. The van der Waals surface area contributed by atoms with Crippen LogP contribution in [0.4, 0.5) is 5.82 Å². The molecule has 4 heteroatoms. The van der Waals surface area contributed by atoms with Gasteiger partial charge in [-0.2, -0.15) is 0 Å². The highest BCUT2D eigenvalue weighted by molar-refractivity contribution is 5.70. The maximum Gasteiger partial charge on any atom is 0.307 e. The van der Waals surface area contributed by atoms with Crippen LogP contribution in [0.15, 0.2) is 12.1 Å². The monoisotopic (exact) mass is 274 g/mol. The highest BCUT2D eigenvalue weighted by Gasteiger charge is 2.27. The van der Waals surface area contributed by atoms with Gasteiger partial charge in [-0.15, -0.1) is 0 Å². The van der Waals surface area contributed by atoms with E-state index in [1.54, 1.807) is 0 Å². The van der Waals surface area contributed by atoms with Gasteiger partial charge in [-0.25, -0.2) is 4.98 Å². The molecule has 1 atom stereocenters. The van der Waals surface area contributed by atoms with Gasteiger partial charge in [-0.1, -0.05) is 6.07 Å². The number of hydrogen-bond donors (Lipinski definition) is 0. The Kier molecular flexibility index (Phi) is 3.90. The molecule has 1 aromatic heterocycles. The van der Waals surface area contributed by atoms with Crippen molar-refractivity contribution in [3.8, 4) is 0 Å². The summed E-state index contributed by atoms with van der Waals surface area (Å²) in [6.07, 6.45) is 7.35. The van der Waals surface area contributed by atoms with Crippen molar-refractivity contribution in [3.63, 3.8) is 0 Å². The molecular weight excluding hydrogens is 252 g/mol. The van der Waals surface area contributed by atoms with Crippen LogP contribution < -0.4 is 4.90 Å². The summed E-state index contributed by atoms with van der Waals surface area (Å²) in [5.74, 6) is 0.919. The van der Waals surface area contributed by atoms with E-state index in [1.807, 2.05) is 0 Å². The van der Waals surface area contributed by atoms with E-state index in [2.05, 4.69) is 17.0 Å². The number of anilines is 1. The van der Waals surface area contributed by atoms with Crippen LogP contribution in [0.3, 0.4) is 0 Å². The van der Waals surface area contributed by atoms with Crippen LogP contribution in [0.1, 0.15) is 43.4 Å². The minimum absolute atomic E-state index is 0.122. The van der Waals surface area contributed by atoms with Crippen molar-refractivity contribution in [2.45, 2.75) is 51.0 Å². The van der Waals surface area contributed by atoms with Gasteiger partial charge in [0.1, 0.15) is 5.82 Å². The quantitative estimate of drug-likeness (QED) is 0.794. The van der Waals surface area contributed by atoms with Crippen molar-refractivity contribution in [1.82, 2.24) is 4.98 Å². The second-order valence-corrected chi connectivity index (χ2v) is 5.75. The predicted molar refractivity (Wildman–Crippen MR) is 77.9 cm³/mol. The van der Waals surface area contributed by atoms with E-state index >= 15 is 0 Å². The molecule has 1 aliphatic heterocycles. The first kappa shape index (κ1) is 13.4. The Balaban J connectivity index is 1.80. The number of methoxy groups -OCH3 is 1. The van der Waals surface area contributed by atoms with E-state index in [9.17, 15) is 4.79 Å². The molecule has 0 aromatic carbocycles. The average molecular weight is 274 g/mol. The molecule has 1 aromatic rings. The van der Waals surface area contributed by atoms with Crippen LogP contribution in [0, 0.1) is 0 Å². The van der Waals surface area contributed by atoms with Crippen LogP contribution in [-0.2, 0) is 22.4 Å². The van der Waals surface area contributed by atoms with Crippen molar-refractivity contribution in [1.29, 1.82) is 0 Å². The number of carbonyl (C=O) groups is 1. The zero-order valence-corrected chi connectivity index (χ0v) is 12.1. The van der Waals surface area contributed by atoms with Crippen molar-refractivity contribution in [2.24, 2.45) is 0 Å². The van der Waals surface area contributed by atoms with Gasteiger partial charge in [0, 0.05) is 18.3 Å². The van der Waals surface area contributed by atoms with Crippen LogP contribution >= 0.6 is 0 Å². The molecule has 1 fully saturated rings. The number of carbonyl (C=O) groups excluding carboxylic acids is 1. The second kappa shape index (κ2) is 5.81. The Bertz CT molecular complexity index is 501. The standard InChI is InChI=1S/C16H22N2O2/c1-20-16(19)11-13-6-2-3-10-18(13)15-9-8-12-5-4-7-14(12)17-15/h8-9,13H,2-7,10-11H2,1H3. The van der Waals surface area contributed by atoms with Crippen molar-refractivity contribution in [3.05, 3.63) is 23.4 Å². The Morgan fingerprint density at radius 1 is 1.35 bits per heavy atom. The van der Waals surface area contributed by atoms with E-state index in [0.717, 1.165) is 31.6 Å². The van der Waals surface area contributed by atoms with Crippen LogP contribution in [0.2, 0.25) is 0 Å². The molecule has 2 aliphatic rings. The molecule has 1 aliphatic carbocycles. The molecular formula is C16H22N2O2. The number of rotatable bonds is 3. The number of nitrogens with zero attached hydrogens (tertiary/aromatic N) is 2. The third-order valence-corrected chi connectivity index (χ3v) is 4.46. The Morgan fingerprint density at radius 2 is 2.25 bits per heavy atom. The largest absolute Gasteiger partial charge is 0.469 e. The molecule has 0 bridgehead atoms. The zero-order chi connectivity index (χ0) is 13.9. The van der Waals surface area contributed by atoms with Gasteiger partial charge in [0.15, 0.2) is 0 Å². The van der Waals surface area contributed by atoms with E-state index in [-0.39, 0.29) is 12.0 Å². The molecule has 1 unspecified atom stereocenters. The minimum atomic E-state index is -0.122. The van der Waals surface area contributed by atoms with Crippen LogP contribution in [-0.4, -0.2) is 30.6 Å². The maximum atomic E-state index is 11.6. The molecule has 0 N–H and O–H groups in total. The summed E-state index contributed by atoms with van der Waals surface area (Å²) < 4.78 is 4.83. The highest BCUT2D eigenvalue weighted by Crippen LogP contribution is 2.28. The smallest absolute Gasteiger partial charge is 0.307 e. The third-order valence-electron chi connectivity index (χ3n) is 4.46. The molecule has 0 amide bonds. The van der Waals surface area contributed by atoms with Gasteiger partial charge in [-0.05, 0) is 50.2 Å². The van der Waals surface area contributed by atoms with Gasteiger partial charge in [0.2, 0.25) is 0 Å². The fourth-order valence-electron chi connectivity index (χ4n) is 3.36. The molecule has 4 nitrogen and oxygen atoms in total. The van der Waals surface area contributed by atoms with Gasteiger partial charge in [-0.3, -0.25) is 4.79 Å². The minimum Gasteiger partial charge on any atom is -0.469 e. The number of esters is 1. The summed E-state index contributed by atoms with van der Waals surface area (Å²) in [5, 5.41) is 0. The van der Waals surface area contributed by atoms with Gasteiger partial charge in [0.05, 0.1) is 13.5 Å². The molecule has 0 saturated carbocycles. The maximum absolute atomic E-state index is 11.6. The fraction of sp³-hybridized carbons (Fsp3) is 0.625. The number of fused-ring (bicyclic) bond motifs is 1. The number of piperidine rings is 1. The molecule has 108 valence electrons. The normalized spacial score (nSPS) is 21.6. The van der Waals surface area contributed by atoms with Crippen molar-refractivity contribution < 1.29 is 9.53 Å². The highest BCUT2D eigenvalue weighted by atomic mass is 16.5. The Hall–Kier alpha value is -1.58. The zero-order valence-electron chi connectivity index (χ0n) is 12.1. The summed E-state index contributed by atoms with van der Waals surface area (Å²) in [7, 11) is 1.46. The summed E-state index contributed by atoms with van der Waals surface area (Å²) in [4.78, 5) is 18.7. The number of aryl methyl sites for hydroxylation is 2. The van der Waals surface area contributed by atoms with Gasteiger partial charge >= 0.3 is 5.97 Å². The van der Waals surface area contributed by atoms with E-state index in [0.29, 0.717) is 6.42 Å². The van der Waals surface area contributed by atoms with Gasteiger partial charge < -0.3 is 9.64 Å². The fourth-order valence-corrected chi connectivity index (χ4v) is 3.36. The number of aromatic nitrogens is 1. The third kappa shape index (κ3) is 2.65. The van der Waals surface area contributed by atoms with Gasteiger partial charge in [0.25, 0.3) is 0 Å². The molecule has 1 saturated heterocycles. The molecule has 2 heterocycles. The number of hydrogen-bond acceptors (Lipinski definition) is 4. The predicted octanol–water partition coefficient (Wildman–Crippen LogP) is 2.49. The molecule has 20 heavy (non-hydrogen) atoms. The molecule has 0 radical (unpaired) electrons. The van der Waals surface area contributed by atoms with Crippen molar-refractivity contribution >= 4 is 11.8 Å². The SMILES string of the molecule is COC(=O)CC1CCCCN1c1ccc2c(n1)CCC2. The summed E-state index contributed by atoms with van der Waals surface area (Å²) >= 11 is 0. The first-order valence-electron chi connectivity index (χ1n) is 7.60. The first-order chi connectivity index (χ1) is 9.78. The Labute approximate surface area is 120 Å². The van der Waals surface area contributed by atoms with E-state index in [4.69, 9.17) is 9.72 Å². The lowest BCUT2D eigenvalue weighted by Gasteiger charge is -2.36. The van der Waals surface area contributed by atoms with Crippen LogP contribution in [0.25, 0.3) is 0 Å². The lowest BCUT2D eigenvalue weighted by atomic mass is 9.99. The van der Waals surface area contributed by atoms with E-state index in [1.165, 1.54) is 37.6 Å². The number of pyridine rings is 1. The lowest BCUT2D eigenvalue weighted by Crippen LogP contribution is -2.41. The molecule has 0 spiro atoms. The lowest BCUT2D eigenvalue weighted by molar-refractivity contribution is -0.141. The summed E-state index contributed by atoms with van der Waals surface area (Å²) in [5.41, 5.74) is 2.65. The summed E-state index contributed by atoms with van der Waals surface area (Å²) in [6.45, 7) is 0.993. The average Bonchev–Trinajstić information content (AvgIpc) is 2.95. The second-order valence-electron chi connectivity index (χ2n) is 5.75. The number of ether oxygens (including phenoxy) is 1.